The van der Waals surface area contributed by atoms with Crippen LogP contribution >= 0.6 is 23.4 Å². The Morgan fingerprint density at radius 3 is 2.74 bits per heavy atom. The van der Waals surface area contributed by atoms with E-state index < -0.39 is 33.6 Å². The lowest BCUT2D eigenvalue weighted by molar-refractivity contribution is -0.137. The van der Waals surface area contributed by atoms with Crippen LogP contribution in [0.1, 0.15) is 19.3 Å². The van der Waals surface area contributed by atoms with Gasteiger partial charge in [-0.15, -0.1) is 0 Å². The first kappa shape index (κ1) is 20.1. The van der Waals surface area contributed by atoms with Crippen LogP contribution in [0.3, 0.4) is 0 Å². The van der Waals surface area contributed by atoms with Gasteiger partial charge in [0, 0.05) is 23.8 Å². The fraction of sp³-hybridized carbons (Fsp3) is 0.438. The van der Waals surface area contributed by atoms with Crippen LogP contribution in [0.5, 0.6) is 0 Å². The lowest BCUT2D eigenvalue weighted by atomic mass is 10.2. The van der Waals surface area contributed by atoms with E-state index in [0.29, 0.717) is 10.9 Å². The number of hydrogen-bond donors (Lipinski definition) is 1. The van der Waals surface area contributed by atoms with Gasteiger partial charge >= 0.3 is 5.97 Å². The Hall–Kier alpha value is -1.65. The van der Waals surface area contributed by atoms with Crippen molar-refractivity contribution in [3.63, 3.8) is 0 Å². The molecule has 3 rings (SSSR count). The third-order valence-corrected chi connectivity index (χ3v) is 7.75. The Kier molecular flexibility index (Phi) is 5.78. The van der Waals surface area contributed by atoms with Crippen LogP contribution in [0, 0.1) is 5.82 Å². The molecule has 2 heterocycles. The Labute approximate surface area is 164 Å². The normalized spacial score (nSPS) is 25.0. The number of amides is 1. The molecular weight excluding hydrogens is 419 g/mol. The number of anilines is 1. The molecule has 27 heavy (non-hydrogen) atoms. The molecule has 1 aromatic carbocycles. The fourth-order valence-electron chi connectivity index (χ4n) is 3.05. The van der Waals surface area contributed by atoms with Crippen molar-refractivity contribution in [2.45, 2.75) is 30.6 Å². The van der Waals surface area contributed by atoms with E-state index in [2.05, 4.69) is 4.99 Å². The molecule has 0 aromatic heterocycles. The molecule has 0 unspecified atom stereocenters. The van der Waals surface area contributed by atoms with Crippen LogP contribution in [0.25, 0.3) is 0 Å². The third kappa shape index (κ3) is 4.61. The maximum absolute atomic E-state index is 13.5. The molecule has 0 radical (unpaired) electrons. The number of carbonyl (C=O) groups excluding carboxylic acids is 1. The SMILES string of the molecule is O=C(O)CCCC(=O)N=C1S[C@@H]2CS(=O)(=O)C[C@@H]2N1c1ccc(F)c(Cl)c1. The van der Waals surface area contributed by atoms with Crippen molar-refractivity contribution in [1.82, 2.24) is 0 Å². The van der Waals surface area contributed by atoms with Crippen LogP contribution in [0.15, 0.2) is 23.2 Å². The molecule has 2 atom stereocenters. The van der Waals surface area contributed by atoms with E-state index in [1.807, 2.05) is 0 Å². The summed E-state index contributed by atoms with van der Waals surface area (Å²) in [5, 5.41) is 8.57. The van der Waals surface area contributed by atoms with E-state index in [9.17, 15) is 22.4 Å². The molecule has 1 aromatic rings. The van der Waals surface area contributed by atoms with Crippen molar-refractivity contribution in [3.05, 3.63) is 29.0 Å². The lowest BCUT2D eigenvalue weighted by Crippen LogP contribution is -2.37. The highest BCUT2D eigenvalue weighted by Gasteiger charge is 2.49. The summed E-state index contributed by atoms with van der Waals surface area (Å²) in [6.45, 7) is 0. The third-order valence-electron chi connectivity index (χ3n) is 4.25. The molecule has 2 saturated heterocycles. The molecule has 0 saturated carbocycles. The molecule has 11 heteroatoms. The molecule has 0 spiro atoms. The van der Waals surface area contributed by atoms with Crippen LogP contribution < -0.4 is 4.90 Å². The maximum atomic E-state index is 13.5. The fourth-order valence-corrected chi connectivity index (χ4v) is 7.16. The number of carboxylic acids is 1. The number of carbonyl (C=O) groups is 2. The number of fused-ring (bicyclic) bond motifs is 1. The Morgan fingerprint density at radius 2 is 2.07 bits per heavy atom. The molecular formula is C16H16ClFN2O5S2. The van der Waals surface area contributed by atoms with Crippen molar-refractivity contribution >= 4 is 55.9 Å². The van der Waals surface area contributed by atoms with Crippen molar-refractivity contribution in [2.24, 2.45) is 4.99 Å². The summed E-state index contributed by atoms with van der Waals surface area (Å²) in [6.07, 6.45) is 0.00570. The highest BCUT2D eigenvalue weighted by molar-refractivity contribution is 8.16. The average molecular weight is 435 g/mol. The average Bonchev–Trinajstić information content (AvgIpc) is 3.00. The molecule has 1 N–H and O–H groups in total. The Balaban J connectivity index is 1.88. The van der Waals surface area contributed by atoms with Gasteiger partial charge in [-0.3, -0.25) is 9.59 Å². The number of aliphatic imine (C=N–C) groups is 1. The smallest absolute Gasteiger partial charge is 0.303 e. The topological polar surface area (TPSA) is 104 Å². The number of benzene rings is 1. The minimum absolute atomic E-state index is 0.0258. The summed E-state index contributed by atoms with van der Waals surface area (Å²) in [5.74, 6) is -2.20. The highest BCUT2D eigenvalue weighted by Crippen LogP contribution is 2.41. The molecule has 2 aliphatic rings. The minimum Gasteiger partial charge on any atom is -0.481 e. The van der Waals surface area contributed by atoms with Crippen LogP contribution in [0.4, 0.5) is 10.1 Å². The van der Waals surface area contributed by atoms with Gasteiger partial charge in [-0.2, -0.15) is 4.99 Å². The number of rotatable bonds is 5. The van der Waals surface area contributed by atoms with E-state index in [4.69, 9.17) is 16.7 Å². The molecule has 7 nitrogen and oxygen atoms in total. The molecule has 1 amide bonds. The first-order valence-electron chi connectivity index (χ1n) is 8.11. The number of nitrogens with zero attached hydrogens (tertiary/aromatic N) is 2. The van der Waals surface area contributed by atoms with Gasteiger partial charge in [0.25, 0.3) is 0 Å². The predicted octanol–water partition coefficient (Wildman–Crippen LogP) is 2.34. The van der Waals surface area contributed by atoms with Crippen molar-refractivity contribution < 1.29 is 27.5 Å². The van der Waals surface area contributed by atoms with Crippen molar-refractivity contribution in [3.8, 4) is 0 Å². The molecule has 0 aliphatic carbocycles. The summed E-state index contributed by atoms with van der Waals surface area (Å²) in [4.78, 5) is 28.3. The van der Waals surface area contributed by atoms with Crippen LogP contribution in [-0.4, -0.2) is 53.4 Å². The van der Waals surface area contributed by atoms with Gasteiger partial charge in [0.05, 0.1) is 22.6 Å². The monoisotopic (exact) mass is 434 g/mol. The van der Waals surface area contributed by atoms with Crippen LogP contribution in [-0.2, 0) is 19.4 Å². The van der Waals surface area contributed by atoms with E-state index in [0.717, 1.165) is 0 Å². The number of aliphatic carboxylic acids is 1. The zero-order valence-electron chi connectivity index (χ0n) is 14.0. The van der Waals surface area contributed by atoms with E-state index in [1.54, 1.807) is 4.90 Å². The number of thioether (sulfide) groups is 1. The summed E-state index contributed by atoms with van der Waals surface area (Å²) in [7, 11) is -3.22. The number of sulfone groups is 1. The largest absolute Gasteiger partial charge is 0.481 e. The van der Waals surface area contributed by atoms with E-state index in [1.165, 1.54) is 30.0 Å². The predicted molar refractivity (Wildman–Crippen MR) is 102 cm³/mol. The van der Waals surface area contributed by atoms with Gasteiger partial charge in [-0.25, -0.2) is 12.8 Å². The second kappa shape index (κ2) is 7.76. The molecule has 2 fully saturated rings. The van der Waals surface area contributed by atoms with Gasteiger partial charge in [-0.1, -0.05) is 23.4 Å². The number of halogens is 2. The Bertz CT molecular complexity index is 921. The van der Waals surface area contributed by atoms with Crippen LogP contribution in [0.2, 0.25) is 5.02 Å². The van der Waals surface area contributed by atoms with Crippen molar-refractivity contribution in [2.75, 3.05) is 16.4 Å². The number of carboxylic acid groups (broad SMARTS) is 1. The van der Waals surface area contributed by atoms with Crippen molar-refractivity contribution in [1.29, 1.82) is 0 Å². The van der Waals surface area contributed by atoms with Gasteiger partial charge < -0.3 is 10.0 Å². The number of amidine groups is 1. The van der Waals surface area contributed by atoms with E-state index in [-0.39, 0.29) is 41.0 Å². The van der Waals surface area contributed by atoms with Gasteiger partial charge in [0.15, 0.2) is 15.0 Å². The standard InChI is InChI=1S/C16H16ClFN2O5S2/c17-10-6-9(4-5-11(10)18)20-12-7-27(24,25)8-13(12)26-16(20)19-14(21)2-1-3-15(22)23/h4-6,12-13H,1-3,7-8H2,(H,22,23)/t12-,13+/m0/s1. The van der Waals surface area contributed by atoms with E-state index >= 15 is 0 Å². The summed E-state index contributed by atoms with van der Waals surface area (Å²) >= 11 is 7.04. The maximum Gasteiger partial charge on any atom is 0.303 e. The van der Waals surface area contributed by atoms with Gasteiger partial charge in [0.2, 0.25) is 5.91 Å². The molecule has 0 bridgehead atoms. The second-order valence-corrected chi connectivity index (χ2v) is 10.1. The first-order chi connectivity index (χ1) is 12.7. The quantitative estimate of drug-likeness (QED) is 0.758. The summed E-state index contributed by atoms with van der Waals surface area (Å²) in [6, 6.07) is 3.58. The zero-order valence-corrected chi connectivity index (χ0v) is 16.4. The summed E-state index contributed by atoms with van der Waals surface area (Å²) < 4.78 is 37.5. The zero-order chi connectivity index (χ0) is 19.8. The molecule has 2 aliphatic heterocycles. The molecule has 146 valence electrons. The Morgan fingerprint density at radius 1 is 1.33 bits per heavy atom. The van der Waals surface area contributed by atoms with Gasteiger partial charge in [-0.05, 0) is 24.6 Å². The lowest BCUT2D eigenvalue weighted by Gasteiger charge is -2.24. The highest BCUT2D eigenvalue weighted by atomic mass is 35.5. The second-order valence-electron chi connectivity index (χ2n) is 6.30. The van der Waals surface area contributed by atoms with Gasteiger partial charge in [0.1, 0.15) is 5.82 Å². The minimum atomic E-state index is -3.22. The summed E-state index contributed by atoms with van der Waals surface area (Å²) in [5.41, 5.74) is 0.454. The first-order valence-corrected chi connectivity index (χ1v) is 11.2. The number of hydrogen-bond acceptors (Lipinski definition) is 5.